The summed E-state index contributed by atoms with van der Waals surface area (Å²) in [6.07, 6.45) is -0.640. The minimum Gasteiger partial charge on any atom is -0.303 e. The maximum Gasteiger partial charge on any atom is 0.471 e. The monoisotopic (exact) mass is 534 g/mol. The van der Waals surface area contributed by atoms with Crippen molar-refractivity contribution in [3.8, 4) is 16.9 Å². The van der Waals surface area contributed by atoms with Crippen LogP contribution in [0.4, 0.5) is 13.2 Å². The Hall–Kier alpha value is -4.17. The number of phosphoric acid groups is 1. The first-order valence-electron chi connectivity index (χ1n) is 10.3. The molecule has 0 saturated carbocycles. The van der Waals surface area contributed by atoms with E-state index in [1.165, 1.54) is 12.3 Å². The molecule has 12 nitrogen and oxygen atoms in total. The molecule has 0 aliphatic rings. The first-order valence-corrected chi connectivity index (χ1v) is 11.8. The SMILES string of the molecule is O=c1c2cnc3ccc(-c4cn[nH]c4)nc3c2n(-c2cccc(C(F)(F)F)c2)c(=O)n1COP(=O)(O)O. The van der Waals surface area contributed by atoms with Crippen LogP contribution in [0, 0.1) is 0 Å². The Morgan fingerprint density at radius 1 is 1.11 bits per heavy atom. The van der Waals surface area contributed by atoms with Gasteiger partial charge in [0.1, 0.15) is 12.2 Å². The van der Waals surface area contributed by atoms with Gasteiger partial charge in [0.15, 0.2) is 0 Å². The molecule has 0 spiro atoms. The molecule has 5 rings (SSSR count). The van der Waals surface area contributed by atoms with Crippen molar-refractivity contribution in [1.82, 2.24) is 29.3 Å². The topological polar surface area (TPSA) is 165 Å². The summed E-state index contributed by atoms with van der Waals surface area (Å²) in [7, 11) is -5.12. The molecule has 0 radical (unpaired) electrons. The van der Waals surface area contributed by atoms with E-state index in [-0.39, 0.29) is 27.6 Å². The zero-order valence-corrected chi connectivity index (χ0v) is 19.1. The molecule has 0 bridgehead atoms. The van der Waals surface area contributed by atoms with Crippen LogP contribution in [-0.4, -0.2) is 39.1 Å². The van der Waals surface area contributed by atoms with Gasteiger partial charge in [-0.15, -0.1) is 0 Å². The second kappa shape index (κ2) is 8.74. The number of benzene rings is 1. The molecule has 0 aliphatic carbocycles. The van der Waals surface area contributed by atoms with Gasteiger partial charge in [0, 0.05) is 18.0 Å². The Labute approximate surface area is 202 Å². The van der Waals surface area contributed by atoms with Crippen LogP contribution in [0.3, 0.4) is 0 Å². The lowest BCUT2D eigenvalue weighted by atomic mass is 10.1. The van der Waals surface area contributed by atoms with Crippen molar-refractivity contribution in [2.45, 2.75) is 12.9 Å². The van der Waals surface area contributed by atoms with Gasteiger partial charge in [0.2, 0.25) is 0 Å². The lowest BCUT2D eigenvalue weighted by Crippen LogP contribution is -2.40. The smallest absolute Gasteiger partial charge is 0.303 e. The Kier molecular flexibility index (Phi) is 5.79. The third kappa shape index (κ3) is 4.56. The average molecular weight is 534 g/mol. The Balaban J connectivity index is 1.91. The van der Waals surface area contributed by atoms with Crippen molar-refractivity contribution in [3.63, 3.8) is 0 Å². The van der Waals surface area contributed by atoms with E-state index in [2.05, 4.69) is 24.7 Å². The van der Waals surface area contributed by atoms with Crippen LogP contribution in [0.25, 0.3) is 38.9 Å². The second-order valence-corrected chi connectivity index (χ2v) is 8.96. The summed E-state index contributed by atoms with van der Waals surface area (Å²) >= 11 is 0. The van der Waals surface area contributed by atoms with Crippen LogP contribution in [-0.2, 0) is 22.0 Å². The van der Waals surface area contributed by atoms with Gasteiger partial charge in [-0.3, -0.25) is 24.0 Å². The molecular weight excluding hydrogens is 520 g/mol. The lowest BCUT2D eigenvalue weighted by molar-refractivity contribution is -0.137. The van der Waals surface area contributed by atoms with Crippen LogP contribution in [0.1, 0.15) is 5.56 Å². The van der Waals surface area contributed by atoms with Crippen LogP contribution in [0.15, 0.2) is 64.6 Å². The highest BCUT2D eigenvalue weighted by molar-refractivity contribution is 7.46. The number of halogens is 3. The molecule has 0 fully saturated rings. The number of nitrogens with zero attached hydrogens (tertiary/aromatic N) is 5. The van der Waals surface area contributed by atoms with Crippen LogP contribution in [0.5, 0.6) is 0 Å². The quantitative estimate of drug-likeness (QED) is 0.227. The van der Waals surface area contributed by atoms with Gasteiger partial charge in [-0.05, 0) is 30.3 Å². The molecule has 4 heterocycles. The van der Waals surface area contributed by atoms with E-state index in [0.29, 0.717) is 21.9 Å². The zero-order chi connectivity index (χ0) is 26.5. The minimum absolute atomic E-state index is 0.0193. The maximum absolute atomic E-state index is 13.5. The largest absolute Gasteiger partial charge is 0.471 e. The van der Waals surface area contributed by atoms with Crippen molar-refractivity contribution < 1.29 is 32.0 Å². The number of alkyl halides is 3. The van der Waals surface area contributed by atoms with E-state index < -0.39 is 37.5 Å². The van der Waals surface area contributed by atoms with Gasteiger partial charge in [-0.1, -0.05) is 6.07 Å². The van der Waals surface area contributed by atoms with Crippen LogP contribution < -0.4 is 11.2 Å². The van der Waals surface area contributed by atoms with Crippen molar-refractivity contribution in [2.24, 2.45) is 0 Å². The fourth-order valence-corrected chi connectivity index (χ4v) is 4.01. The predicted octanol–water partition coefficient (Wildman–Crippen LogP) is 2.57. The van der Waals surface area contributed by atoms with Crippen LogP contribution in [0.2, 0.25) is 0 Å². The molecule has 0 atom stereocenters. The molecule has 0 unspecified atom stereocenters. The summed E-state index contributed by atoms with van der Waals surface area (Å²) in [6, 6.07) is 6.94. The number of H-pyrrole nitrogens is 1. The molecule has 1 aromatic carbocycles. The van der Waals surface area contributed by atoms with E-state index >= 15 is 0 Å². The van der Waals surface area contributed by atoms with E-state index in [1.807, 2.05) is 0 Å². The van der Waals surface area contributed by atoms with Gasteiger partial charge in [0.25, 0.3) is 5.56 Å². The number of pyridine rings is 2. The highest BCUT2D eigenvalue weighted by atomic mass is 31.2. The number of nitrogens with one attached hydrogen (secondary N) is 1. The predicted molar refractivity (Wildman–Crippen MR) is 123 cm³/mol. The summed E-state index contributed by atoms with van der Waals surface area (Å²) in [5.41, 5.74) is -2.60. The average Bonchev–Trinajstić information content (AvgIpc) is 3.37. The zero-order valence-electron chi connectivity index (χ0n) is 18.2. The van der Waals surface area contributed by atoms with Crippen molar-refractivity contribution in [1.29, 1.82) is 0 Å². The minimum atomic E-state index is -5.12. The Morgan fingerprint density at radius 2 is 1.89 bits per heavy atom. The molecular formula is C21H14F3N6O6P. The molecule has 0 saturated heterocycles. The van der Waals surface area contributed by atoms with E-state index in [1.54, 1.807) is 18.3 Å². The van der Waals surface area contributed by atoms with Crippen LogP contribution >= 0.6 is 7.82 Å². The maximum atomic E-state index is 13.5. The molecule has 3 N–H and O–H groups in total. The summed E-state index contributed by atoms with van der Waals surface area (Å²) in [6.45, 7) is -1.17. The standard InChI is InChI=1S/C21H14F3N6O6P/c22-21(23,24)12-2-1-3-13(6-12)30-18-14(19(31)29(20(30)32)10-36-37(33,34)35)9-25-16-5-4-15(28-17(16)18)11-7-26-27-8-11/h1-9H,10H2,(H,26,27)(H2,33,34,35). The molecule has 37 heavy (non-hydrogen) atoms. The summed E-state index contributed by atoms with van der Waals surface area (Å²) in [4.78, 5) is 53.5. The first-order chi connectivity index (χ1) is 17.4. The highest BCUT2D eigenvalue weighted by Crippen LogP contribution is 2.36. The molecule has 0 aliphatic heterocycles. The van der Waals surface area contributed by atoms with Gasteiger partial charge in [0.05, 0.1) is 39.6 Å². The fourth-order valence-electron chi connectivity index (χ4n) is 3.74. The number of aromatic nitrogens is 6. The van der Waals surface area contributed by atoms with E-state index in [9.17, 15) is 27.3 Å². The Bertz CT molecular complexity index is 1830. The molecule has 0 amide bonds. The highest BCUT2D eigenvalue weighted by Gasteiger charge is 2.31. The fraction of sp³-hybridized carbons (Fsp3) is 0.0952. The third-order valence-electron chi connectivity index (χ3n) is 5.39. The van der Waals surface area contributed by atoms with Crippen molar-refractivity contribution in [3.05, 3.63) is 81.4 Å². The molecule has 16 heteroatoms. The molecule has 5 aromatic rings. The number of rotatable bonds is 5. The van der Waals surface area contributed by atoms with E-state index in [4.69, 9.17) is 9.79 Å². The molecule has 190 valence electrons. The number of fused-ring (bicyclic) bond motifs is 3. The van der Waals surface area contributed by atoms with Gasteiger partial charge >= 0.3 is 19.7 Å². The number of hydrogen-bond acceptors (Lipinski definition) is 7. The van der Waals surface area contributed by atoms with Gasteiger partial charge in [-0.25, -0.2) is 18.9 Å². The van der Waals surface area contributed by atoms with Gasteiger partial charge < -0.3 is 9.79 Å². The summed E-state index contributed by atoms with van der Waals surface area (Å²) in [5, 5.41) is 6.22. The number of phosphoric ester groups is 1. The van der Waals surface area contributed by atoms with Gasteiger partial charge in [-0.2, -0.15) is 18.3 Å². The second-order valence-electron chi connectivity index (χ2n) is 7.72. The third-order valence-corrected chi connectivity index (χ3v) is 5.84. The summed E-state index contributed by atoms with van der Waals surface area (Å²) < 4.78 is 57.1. The first kappa shape index (κ1) is 24.5. The van der Waals surface area contributed by atoms with Crippen molar-refractivity contribution >= 4 is 29.8 Å². The number of aromatic amines is 1. The lowest BCUT2D eigenvalue weighted by Gasteiger charge is -2.17. The van der Waals surface area contributed by atoms with Crippen molar-refractivity contribution in [2.75, 3.05) is 0 Å². The summed E-state index contributed by atoms with van der Waals surface area (Å²) in [5.74, 6) is 0. The molecule has 4 aromatic heterocycles. The Morgan fingerprint density at radius 3 is 2.57 bits per heavy atom. The number of hydrogen-bond donors (Lipinski definition) is 3. The van der Waals surface area contributed by atoms with E-state index in [0.717, 1.165) is 22.9 Å². The normalized spacial score (nSPS) is 12.5.